The van der Waals surface area contributed by atoms with Crippen LogP contribution in [0.1, 0.15) is 25.8 Å². The Morgan fingerprint density at radius 2 is 2.05 bits per heavy atom. The number of nitrogens with zero attached hydrogens (tertiary/aromatic N) is 2. The molecule has 0 saturated carbocycles. The van der Waals surface area contributed by atoms with Gasteiger partial charge in [-0.25, -0.2) is 4.39 Å². The lowest BCUT2D eigenvalue weighted by molar-refractivity contribution is 0.423. The third kappa shape index (κ3) is 3.96. The van der Waals surface area contributed by atoms with Gasteiger partial charge in [0.25, 0.3) is 0 Å². The summed E-state index contributed by atoms with van der Waals surface area (Å²) in [5.74, 6) is -0.441. The van der Waals surface area contributed by atoms with Crippen molar-refractivity contribution in [1.29, 1.82) is 0 Å². The Morgan fingerprint density at radius 1 is 1.32 bits per heavy atom. The Balaban J connectivity index is 2.14. The van der Waals surface area contributed by atoms with E-state index >= 15 is 0 Å². The van der Waals surface area contributed by atoms with Gasteiger partial charge in [0, 0.05) is 11.1 Å². The fourth-order valence-corrected chi connectivity index (χ4v) is 2.30. The molecular weight excluding hydrogens is 285 g/mol. The molecule has 2 rings (SSSR count). The average molecular weight is 300 g/mol. The lowest BCUT2D eigenvalue weighted by Gasteiger charge is -2.19. The minimum atomic E-state index is -0.441. The first-order valence-electron chi connectivity index (χ1n) is 5.88. The molecule has 0 aliphatic heterocycles. The zero-order valence-corrected chi connectivity index (χ0v) is 12.6. The molecule has 19 heavy (non-hydrogen) atoms. The van der Waals surface area contributed by atoms with E-state index in [0.29, 0.717) is 17.1 Å². The summed E-state index contributed by atoms with van der Waals surface area (Å²) in [5.41, 5.74) is 0.722. The average Bonchev–Trinajstić information content (AvgIpc) is 2.78. The first-order valence-corrected chi connectivity index (χ1v) is 7.07. The maximum absolute atomic E-state index is 13.4. The van der Waals surface area contributed by atoms with Crippen LogP contribution in [0.25, 0.3) is 10.6 Å². The van der Waals surface area contributed by atoms with E-state index in [-0.39, 0.29) is 10.6 Å². The molecule has 0 aliphatic rings. The number of hydrogen-bond donors (Lipinski definition) is 1. The number of nitrogens with one attached hydrogen (secondary N) is 1. The van der Waals surface area contributed by atoms with Crippen molar-refractivity contribution in [3.63, 3.8) is 0 Å². The van der Waals surface area contributed by atoms with Crippen molar-refractivity contribution < 1.29 is 4.39 Å². The maximum atomic E-state index is 13.4. The molecular formula is C13H15ClFN3S. The Bertz CT molecular complexity index is 578. The van der Waals surface area contributed by atoms with Crippen LogP contribution in [0.15, 0.2) is 18.2 Å². The van der Waals surface area contributed by atoms with Crippen molar-refractivity contribution in [2.75, 3.05) is 0 Å². The second kappa shape index (κ2) is 5.53. The zero-order valence-electron chi connectivity index (χ0n) is 11.0. The highest BCUT2D eigenvalue weighted by Gasteiger charge is 2.12. The van der Waals surface area contributed by atoms with Gasteiger partial charge in [0.15, 0.2) is 0 Å². The molecule has 0 saturated heterocycles. The molecule has 1 aromatic heterocycles. The van der Waals surface area contributed by atoms with Crippen molar-refractivity contribution in [1.82, 2.24) is 15.5 Å². The van der Waals surface area contributed by atoms with Crippen LogP contribution in [0.4, 0.5) is 4.39 Å². The molecule has 0 radical (unpaired) electrons. The van der Waals surface area contributed by atoms with Gasteiger partial charge in [-0.3, -0.25) is 0 Å². The summed E-state index contributed by atoms with van der Waals surface area (Å²) in [4.78, 5) is 0. The zero-order chi connectivity index (χ0) is 14.0. The highest BCUT2D eigenvalue weighted by atomic mass is 35.5. The minimum absolute atomic E-state index is 0.0260. The van der Waals surface area contributed by atoms with Crippen molar-refractivity contribution in [2.45, 2.75) is 32.9 Å². The normalized spacial score (nSPS) is 11.8. The Morgan fingerprint density at radius 3 is 2.68 bits per heavy atom. The van der Waals surface area contributed by atoms with Crippen LogP contribution in [0.5, 0.6) is 0 Å². The van der Waals surface area contributed by atoms with E-state index in [1.54, 1.807) is 6.07 Å². The predicted molar refractivity (Wildman–Crippen MR) is 76.9 cm³/mol. The minimum Gasteiger partial charge on any atom is -0.306 e. The van der Waals surface area contributed by atoms with Gasteiger partial charge in [0.2, 0.25) is 0 Å². The van der Waals surface area contributed by atoms with Crippen molar-refractivity contribution in [3.8, 4) is 10.6 Å². The van der Waals surface area contributed by atoms with E-state index in [0.717, 1.165) is 5.01 Å². The van der Waals surface area contributed by atoms with Crippen LogP contribution in [0.3, 0.4) is 0 Å². The Labute approximate surface area is 120 Å². The van der Waals surface area contributed by atoms with Crippen LogP contribution < -0.4 is 5.32 Å². The topological polar surface area (TPSA) is 37.8 Å². The first kappa shape index (κ1) is 14.4. The van der Waals surface area contributed by atoms with Gasteiger partial charge < -0.3 is 5.32 Å². The van der Waals surface area contributed by atoms with Crippen molar-refractivity contribution in [2.24, 2.45) is 0 Å². The second-order valence-electron chi connectivity index (χ2n) is 5.23. The quantitative estimate of drug-likeness (QED) is 0.934. The monoisotopic (exact) mass is 299 g/mol. The van der Waals surface area contributed by atoms with E-state index < -0.39 is 5.82 Å². The first-order chi connectivity index (χ1) is 8.85. The van der Waals surface area contributed by atoms with Gasteiger partial charge in [-0.15, -0.1) is 10.2 Å². The summed E-state index contributed by atoms with van der Waals surface area (Å²) in [6.07, 6.45) is 0. The molecule has 1 aromatic carbocycles. The van der Waals surface area contributed by atoms with Crippen molar-refractivity contribution >= 4 is 22.9 Å². The molecule has 0 fully saturated rings. The molecule has 0 aliphatic carbocycles. The highest BCUT2D eigenvalue weighted by Crippen LogP contribution is 2.26. The second-order valence-corrected chi connectivity index (χ2v) is 6.70. The van der Waals surface area contributed by atoms with E-state index in [9.17, 15) is 4.39 Å². The molecule has 6 heteroatoms. The SMILES string of the molecule is CC(C)(C)NCc1nnc(-c2ccc(Cl)c(F)c2)s1. The fraction of sp³-hybridized carbons (Fsp3) is 0.385. The molecule has 0 atom stereocenters. The van der Waals surface area contributed by atoms with Crippen LogP contribution >= 0.6 is 22.9 Å². The smallest absolute Gasteiger partial charge is 0.147 e. The molecule has 0 spiro atoms. The third-order valence-electron chi connectivity index (χ3n) is 2.40. The number of halogens is 2. The molecule has 0 bridgehead atoms. The highest BCUT2D eigenvalue weighted by molar-refractivity contribution is 7.14. The Hall–Kier alpha value is -1.04. The number of aromatic nitrogens is 2. The van der Waals surface area contributed by atoms with E-state index in [2.05, 4.69) is 36.3 Å². The lowest BCUT2D eigenvalue weighted by Crippen LogP contribution is -2.35. The predicted octanol–water partition coefficient (Wildman–Crippen LogP) is 3.89. The van der Waals surface area contributed by atoms with E-state index in [1.807, 2.05) is 0 Å². The molecule has 102 valence electrons. The summed E-state index contributed by atoms with van der Waals surface area (Å²) in [5, 5.41) is 13.2. The van der Waals surface area contributed by atoms with Crippen LogP contribution in [0.2, 0.25) is 5.02 Å². The standard InChI is InChI=1S/C13H15ClFN3S/c1-13(2,3)16-7-11-17-18-12(19-11)8-4-5-9(14)10(15)6-8/h4-6,16H,7H2,1-3H3. The fourth-order valence-electron chi connectivity index (χ4n) is 1.41. The van der Waals surface area contributed by atoms with Crippen LogP contribution in [-0.2, 0) is 6.54 Å². The molecule has 1 heterocycles. The van der Waals surface area contributed by atoms with Gasteiger partial charge >= 0.3 is 0 Å². The van der Waals surface area contributed by atoms with Gasteiger partial charge in [-0.1, -0.05) is 29.0 Å². The molecule has 1 N–H and O–H groups in total. The maximum Gasteiger partial charge on any atom is 0.147 e. The van der Waals surface area contributed by atoms with Crippen molar-refractivity contribution in [3.05, 3.63) is 34.0 Å². The third-order valence-corrected chi connectivity index (χ3v) is 3.68. The van der Waals surface area contributed by atoms with Crippen LogP contribution in [-0.4, -0.2) is 15.7 Å². The largest absolute Gasteiger partial charge is 0.306 e. The molecule has 3 nitrogen and oxygen atoms in total. The van der Waals surface area contributed by atoms with Gasteiger partial charge in [0.05, 0.1) is 11.6 Å². The Kier molecular flexibility index (Phi) is 4.18. The molecule has 0 unspecified atom stereocenters. The summed E-state index contributed by atoms with van der Waals surface area (Å²) in [7, 11) is 0. The van der Waals surface area contributed by atoms with E-state index in [1.165, 1.54) is 23.5 Å². The van der Waals surface area contributed by atoms with Gasteiger partial charge in [-0.2, -0.15) is 0 Å². The van der Waals surface area contributed by atoms with Gasteiger partial charge in [0.1, 0.15) is 15.8 Å². The van der Waals surface area contributed by atoms with E-state index in [4.69, 9.17) is 11.6 Å². The molecule has 0 amide bonds. The summed E-state index contributed by atoms with van der Waals surface area (Å²) >= 11 is 7.10. The van der Waals surface area contributed by atoms with Crippen LogP contribution in [0, 0.1) is 5.82 Å². The summed E-state index contributed by atoms with van der Waals surface area (Å²) in [6.45, 7) is 6.91. The number of benzene rings is 1. The molecule has 2 aromatic rings. The number of rotatable bonds is 3. The summed E-state index contributed by atoms with van der Waals surface area (Å²) in [6, 6.07) is 4.65. The lowest BCUT2D eigenvalue weighted by atomic mass is 10.1. The number of hydrogen-bond acceptors (Lipinski definition) is 4. The summed E-state index contributed by atoms with van der Waals surface area (Å²) < 4.78 is 13.4. The van der Waals surface area contributed by atoms with Gasteiger partial charge in [-0.05, 0) is 32.9 Å².